The van der Waals surface area contributed by atoms with Crippen LogP contribution in [0.15, 0.2) is 35.7 Å². The van der Waals surface area contributed by atoms with E-state index in [0.717, 1.165) is 31.4 Å². The van der Waals surface area contributed by atoms with Gasteiger partial charge in [-0.2, -0.15) is 0 Å². The molecule has 2 atom stereocenters. The topological polar surface area (TPSA) is 58.6 Å². The maximum Gasteiger partial charge on any atom is 0.223 e. The lowest BCUT2D eigenvalue weighted by Gasteiger charge is -2.36. The Kier molecular flexibility index (Phi) is 6.31. The van der Waals surface area contributed by atoms with Crippen LogP contribution in [0.1, 0.15) is 53.3 Å². The molecule has 2 aromatic rings. The highest BCUT2D eigenvalue weighted by Crippen LogP contribution is 2.38. The van der Waals surface area contributed by atoms with Crippen LogP contribution in [0.3, 0.4) is 0 Å². The number of hydrogen-bond acceptors (Lipinski definition) is 4. The Morgan fingerprint density at radius 1 is 1.21 bits per heavy atom. The molecule has 4 rings (SSSR count). The third kappa shape index (κ3) is 4.70. The third-order valence-corrected chi connectivity index (χ3v) is 6.79. The minimum atomic E-state index is -0.0750. The summed E-state index contributed by atoms with van der Waals surface area (Å²) in [6, 6.07) is 10.5. The van der Waals surface area contributed by atoms with E-state index in [0.29, 0.717) is 13.1 Å². The summed E-state index contributed by atoms with van der Waals surface area (Å²) in [6.45, 7) is 4.08. The van der Waals surface area contributed by atoms with E-state index in [1.807, 2.05) is 4.90 Å². The number of carbonyl (C=O) groups is 2. The van der Waals surface area contributed by atoms with Crippen LogP contribution in [-0.4, -0.2) is 42.5 Å². The number of rotatable bonds is 6. The normalized spacial score (nSPS) is 21.1. The summed E-state index contributed by atoms with van der Waals surface area (Å²) in [5.41, 5.74) is 3.56. The van der Waals surface area contributed by atoms with E-state index in [2.05, 4.69) is 48.0 Å². The Labute approximate surface area is 176 Å². The van der Waals surface area contributed by atoms with E-state index >= 15 is 0 Å². The van der Waals surface area contributed by atoms with E-state index < -0.39 is 0 Å². The number of nitrogens with zero attached hydrogens (tertiary/aromatic N) is 1. The molecule has 1 saturated heterocycles. The molecule has 29 heavy (non-hydrogen) atoms. The SMILES string of the molecule is Cc1ccc(C2c3ccsc3CCN2C(=O)CCC(=O)NCC2CCCO2)cc1. The van der Waals surface area contributed by atoms with Gasteiger partial charge in [0.15, 0.2) is 0 Å². The predicted molar refractivity (Wildman–Crippen MR) is 114 cm³/mol. The molecule has 1 N–H and O–H groups in total. The fourth-order valence-corrected chi connectivity index (χ4v) is 5.08. The number of ether oxygens (including phenoxy) is 1. The fraction of sp³-hybridized carbons (Fsp3) is 0.478. The van der Waals surface area contributed by atoms with Crippen LogP contribution in [0.4, 0.5) is 0 Å². The zero-order chi connectivity index (χ0) is 20.2. The number of carbonyl (C=O) groups excluding carboxylic acids is 2. The van der Waals surface area contributed by atoms with Gasteiger partial charge in [-0.15, -0.1) is 11.3 Å². The monoisotopic (exact) mass is 412 g/mol. The van der Waals surface area contributed by atoms with Gasteiger partial charge in [0.1, 0.15) is 0 Å². The molecule has 1 aromatic carbocycles. The van der Waals surface area contributed by atoms with Crippen molar-refractivity contribution in [2.24, 2.45) is 0 Å². The Morgan fingerprint density at radius 3 is 2.79 bits per heavy atom. The number of aryl methyl sites for hydroxylation is 1. The standard InChI is InChI=1S/C23H28N2O3S/c1-16-4-6-17(7-5-16)23-19-11-14-29-20(19)10-12-25(23)22(27)9-8-21(26)24-15-18-3-2-13-28-18/h4-7,11,14,18,23H,2-3,8-10,12-13,15H2,1H3,(H,24,26). The molecule has 2 amide bonds. The van der Waals surface area contributed by atoms with Crippen molar-refractivity contribution in [2.45, 2.75) is 51.2 Å². The zero-order valence-corrected chi connectivity index (χ0v) is 17.7. The lowest BCUT2D eigenvalue weighted by molar-refractivity contribution is -0.135. The first-order valence-electron chi connectivity index (χ1n) is 10.4. The van der Waals surface area contributed by atoms with Crippen molar-refractivity contribution in [3.8, 4) is 0 Å². The van der Waals surface area contributed by atoms with Crippen molar-refractivity contribution in [3.05, 3.63) is 57.3 Å². The number of nitrogens with one attached hydrogen (secondary N) is 1. The Hall–Kier alpha value is -2.18. The summed E-state index contributed by atoms with van der Waals surface area (Å²) < 4.78 is 5.53. The van der Waals surface area contributed by atoms with Gasteiger partial charge < -0.3 is 15.0 Å². The average Bonchev–Trinajstić information content (AvgIpc) is 3.42. The van der Waals surface area contributed by atoms with Crippen LogP contribution >= 0.6 is 11.3 Å². The molecule has 1 aromatic heterocycles. The molecule has 3 heterocycles. The molecule has 2 aliphatic heterocycles. The second-order valence-electron chi connectivity index (χ2n) is 7.89. The first-order chi connectivity index (χ1) is 14.1. The molecule has 0 aliphatic carbocycles. The van der Waals surface area contributed by atoms with Crippen LogP contribution < -0.4 is 5.32 Å². The minimum absolute atomic E-state index is 0.0414. The number of benzene rings is 1. The Morgan fingerprint density at radius 2 is 2.03 bits per heavy atom. The second kappa shape index (κ2) is 9.09. The molecule has 154 valence electrons. The summed E-state index contributed by atoms with van der Waals surface area (Å²) in [5, 5.41) is 5.02. The average molecular weight is 413 g/mol. The van der Waals surface area contributed by atoms with Crippen molar-refractivity contribution in [3.63, 3.8) is 0 Å². The van der Waals surface area contributed by atoms with Crippen molar-refractivity contribution < 1.29 is 14.3 Å². The molecule has 0 saturated carbocycles. The first kappa shape index (κ1) is 20.1. The molecule has 5 nitrogen and oxygen atoms in total. The lowest BCUT2D eigenvalue weighted by atomic mass is 9.92. The van der Waals surface area contributed by atoms with Gasteiger partial charge >= 0.3 is 0 Å². The number of hydrogen-bond donors (Lipinski definition) is 1. The molecule has 0 bridgehead atoms. The number of fused-ring (bicyclic) bond motifs is 1. The third-order valence-electron chi connectivity index (χ3n) is 5.80. The smallest absolute Gasteiger partial charge is 0.223 e. The van der Waals surface area contributed by atoms with E-state index in [4.69, 9.17) is 4.74 Å². The van der Waals surface area contributed by atoms with Gasteiger partial charge in [0.25, 0.3) is 0 Å². The first-order valence-corrected chi connectivity index (χ1v) is 11.3. The highest BCUT2D eigenvalue weighted by molar-refractivity contribution is 7.10. The molecule has 2 unspecified atom stereocenters. The largest absolute Gasteiger partial charge is 0.376 e. The number of amides is 2. The fourth-order valence-electron chi connectivity index (χ4n) is 4.18. The summed E-state index contributed by atoms with van der Waals surface area (Å²) in [4.78, 5) is 28.6. The lowest BCUT2D eigenvalue weighted by Crippen LogP contribution is -2.40. The number of thiophene rings is 1. The van der Waals surface area contributed by atoms with E-state index in [1.54, 1.807) is 11.3 Å². The van der Waals surface area contributed by atoms with Gasteiger partial charge in [-0.05, 0) is 48.8 Å². The van der Waals surface area contributed by atoms with Crippen molar-refractivity contribution in [2.75, 3.05) is 19.7 Å². The molecule has 2 aliphatic rings. The highest BCUT2D eigenvalue weighted by Gasteiger charge is 2.32. The van der Waals surface area contributed by atoms with Gasteiger partial charge in [0.2, 0.25) is 11.8 Å². The molecule has 1 fully saturated rings. The Balaban J connectivity index is 1.41. The van der Waals surface area contributed by atoms with Gasteiger partial charge in [-0.3, -0.25) is 9.59 Å². The quantitative estimate of drug-likeness (QED) is 0.789. The summed E-state index contributed by atoms with van der Waals surface area (Å²) in [6.07, 6.45) is 3.51. The van der Waals surface area contributed by atoms with Gasteiger partial charge in [-0.1, -0.05) is 29.8 Å². The van der Waals surface area contributed by atoms with Crippen molar-refractivity contribution >= 4 is 23.2 Å². The van der Waals surface area contributed by atoms with E-state index in [9.17, 15) is 9.59 Å². The Bertz CT molecular complexity index is 855. The maximum atomic E-state index is 13.1. The van der Waals surface area contributed by atoms with Crippen LogP contribution in [0.25, 0.3) is 0 Å². The van der Waals surface area contributed by atoms with Crippen LogP contribution in [0, 0.1) is 6.92 Å². The van der Waals surface area contributed by atoms with Crippen LogP contribution in [0.5, 0.6) is 0 Å². The highest BCUT2D eigenvalue weighted by atomic mass is 32.1. The molecule has 0 radical (unpaired) electrons. The second-order valence-corrected chi connectivity index (χ2v) is 8.89. The van der Waals surface area contributed by atoms with Gasteiger partial charge in [0, 0.05) is 37.4 Å². The van der Waals surface area contributed by atoms with E-state index in [1.165, 1.54) is 16.0 Å². The van der Waals surface area contributed by atoms with Crippen LogP contribution in [-0.2, 0) is 20.7 Å². The van der Waals surface area contributed by atoms with Crippen LogP contribution in [0.2, 0.25) is 0 Å². The van der Waals surface area contributed by atoms with Crippen molar-refractivity contribution in [1.29, 1.82) is 0 Å². The van der Waals surface area contributed by atoms with Gasteiger partial charge in [0.05, 0.1) is 12.1 Å². The molecule has 6 heteroatoms. The minimum Gasteiger partial charge on any atom is -0.376 e. The molecule has 0 spiro atoms. The van der Waals surface area contributed by atoms with E-state index in [-0.39, 0.29) is 36.8 Å². The molecular weight excluding hydrogens is 384 g/mol. The van der Waals surface area contributed by atoms with Gasteiger partial charge in [-0.25, -0.2) is 0 Å². The predicted octanol–water partition coefficient (Wildman–Crippen LogP) is 3.61. The molecular formula is C23H28N2O3S. The zero-order valence-electron chi connectivity index (χ0n) is 16.9. The maximum absolute atomic E-state index is 13.1. The summed E-state index contributed by atoms with van der Waals surface area (Å²) in [7, 11) is 0. The summed E-state index contributed by atoms with van der Waals surface area (Å²) in [5.74, 6) is -0.0336. The summed E-state index contributed by atoms with van der Waals surface area (Å²) >= 11 is 1.76. The van der Waals surface area contributed by atoms with Crippen molar-refractivity contribution in [1.82, 2.24) is 10.2 Å².